The van der Waals surface area contributed by atoms with Crippen LogP contribution < -0.4 is 0 Å². The summed E-state index contributed by atoms with van der Waals surface area (Å²) in [6.07, 6.45) is 81.1. The van der Waals surface area contributed by atoms with E-state index in [1.807, 2.05) is 0 Å². The summed E-state index contributed by atoms with van der Waals surface area (Å²) in [6, 6.07) is 0. The van der Waals surface area contributed by atoms with E-state index in [1.165, 1.54) is 116 Å². The van der Waals surface area contributed by atoms with Crippen LogP contribution in [-0.4, -0.2) is 37.2 Å². The SMILES string of the molecule is CC/C=C\C/C=C\C/C=C\C/C=C\C/C=C\CCCCCCCCCCCC(=O)OCC(COC(=O)CCCCCCC/C=C\C/C=C\CCCC)OC(=O)CCCCCCC/C=C\CCCCCCCCC. The predicted molar refractivity (Wildman–Crippen MR) is 316 cm³/mol. The standard InChI is InChI=1S/C67H114O6/c1-4-7-10-13-16-19-22-25-28-30-31-32-33-34-35-36-37-38-40-42-45-48-51-54-57-60-66(69)72-63-64(62-71-65(68)59-56-53-50-47-44-41-27-24-21-18-15-12-9-6-3)73-67(70)61-58-55-52-49-46-43-39-29-26-23-20-17-14-11-8-5-2/h7,10,15-16,18-19,24-25,27-29,31-32,34-35,39,64H,4-6,8-9,11-14,17,20-23,26,30,33,36-38,40-63H2,1-3H3/b10-7-,18-15-,19-16-,27-24-,28-25-,32-31-,35-34-,39-29-. The molecule has 0 aliphatic heterocycles. The predicted octanol–water partition coefficient (Wildman–Crippen LogP) is 20.9. The van der Waals surface area contributed by atoms with Crippen molar-refractivity contribution >= 4 is 17.9 Å². The first-order valence-electron chi connectivity index (χ1n) is 30.7. The maximum absolute atomic E-state index is 12.9. The summed E-state index contributed by atoms with van der Waals surface area (Å²) >= 11 is 0. The van der Waals surface area contributed by atoms with Gasteiger partial charge in [0, 0.05) is 19.3 Å². The van der Waals surface area contributed by atoms with Gasteiger partial charge in [-0.25, -0.2) is 0 Å². The summed E-state index contributed by atoms with van der Waals surface area (Å²) in [4.78, 5) is 38.2. The summed E-state index contributed by atoms with van der Waals surface area (Å²) in [6.45, 7) is 6.48. The minimum Gasteiger partial charge on any atom is -0.462 e. The topological polar surface area (TPSA) is 78.9 Å². The van der Waals surface area contributed by atoms with Crippen molar-refractivity contribution in [2.24, 2.45) is 0 Å². The fourth-order valence-corrected chi connectivity index (χ4v) is 8.42. The highest BCUT2D eigenvalue weighted by molar-refractivity contribution is 5.71. The number of esters is 3. The fourth-order valence-electron chi connectivity index (χ4n) is 8.42. The van der Waals surface area contributed by atoms with E-state index in [0.29, 0.717) is 19.3 Å². The smallest absolute Gasteiger partial charge is 0.306 e. The zero-order valence-corrected chi connectivity index (χ0v) is 47.9. The third-order valence-electron chi connectivity index (χ3n) is 13.0. The van der Waals surface area contributed by atoms with Crippen LogP contribution in [0, 0.1) is 0 Å². The number of hydrogen-bond donors (Lipinski definition) is 0. The van der Waals surface area contributed by atoms with Crippen molar-refractivity contribution in [1.29, 1.82) is 0 Å². The van der Waals surface area contributed by atoms with Gasteiger partial charge in [0.1, 0.15) is 13.2 Å². The molecular weight excluding hydrogens is 901 g/mol. The van der Waals surface area contributed by atoms with Crippen molar-refractivity contribution in [2.45, 2.75) is 297 Å². The van der Waals surface area contributed by atoms with Gasteiger partial charge in [0.05, 0.1) is 0 Å². The Morgan fingerprint density at radius 1 is 0.288 bits per heavy atom. The number of hydrogen-bond acceptors (Lipinski definition) is 6. The van der Waals surface area contributed by atoms with Crippen LogP contribution in [0.4, 0.5) is 0 Å². The first-order chi connectivity index (χ1) is 36.0. The Bertz CT molecular complexity index is 1440. The first kappa shape index (κ1) is 69.3. The molecule has 1 atom stereocenters. The summed E-state index contributed by atoms with van der Waals surface area (Å²) < 4.78 is 16.9. The molecule has 0 radical (unpaired) electrons. The van der Waals surface area contributed by atoms with E-state index in [9.17, 15) is 14.4 Å². The van der Waals surface area contributed by atoms with Crippen LogP contribution in [0.15, 0.2) is 97.2 Å². The Hall–Kier alpha value is -3.67. The molecule has 1 unspecified atom stereocenters. The molecule has 0 rings (SSSR count). The quantitative estimate of drug-likeness (QED) is 0.0261. The van der Waals surface area contributed by atoms with E-state index in [0.717, 1.165) is 135 Å². The van der Waals surface area contributed by atoms with Crippen molar-refractivity contribution in [3.05, 3.63) is 97.2 Å². The van der Waals surface area contributed by atoms with Crippen molar-refractivity contribution in [1.82, 2.24) is 0 Å². The number of ether oxygens (including phenoxy) is 3. The van der Waals surface area contributed by atoms with Gasteiger partial charge in [0.15, 0.2) is 6.10 Å². The molecule has 73 heavy (non-hydrogen) atoms. The highest BCUT2D eigenvalue weighted by Gasteiger charge is 2.19. The van der Waals surface area contributed by atoms with Gasteiger partial charge in [-0.1, -0.05) is 253 Å². The van der Waals surface area contributed by atoms with E-state index >= 15 is 0 Å². The molecule has 6 heteroatoms. The van der Waals surface area contributed by atoms with Crippen LogP contribution in [0.3, 0.4) is 0 Å². The number of unbranched alkanes of at least 4 members (excludes halogenated alkanes) is 28. The second-order valence-corrected chi connectivity index (χ2v) is 20.2. The maximum Gasteiger partial charge on any atom is 0.306 e. The molecular formula is C67H114O6. The van der Waals surface area contributed by atoms with Crippen LogP contribution >= 0.6 is 0 Å². The Morgan fingerprint density at radius 3 is 0.890 bits per heavy atom. The second kappa shape index (κ2) is 60.9. The molecule has 0 aliphatic rings. The van der Waals surface area contributed by atoms with Gasteiger partial charge in [-0.15, -0.1) is 0 Å². The number of rotatable bonds is 55. The molecule has 0 saturated carbocycles. The average Bonchev–Trinajstić information content (AvgIpc) is 3.39. The minimum absolute atomic E-state index is 0.0883. The Labute approximate surface area is 451 Å². The monoisotopic (exact) mass is 1010 g/mol. The molecule has 0 spiro atoms. The molecule has 0 fully saturated rings. The lowest BCUT2D eigenvalue weighted by atomic mass is 10.1. The third kappa shape index (κ3) is 59.1. The lowest BCUT2D eigenvalue weighted by molar-refractivity contribution is -0.167. The molecule has 0 amide bonds. The van der Waals surface area contributed by atoms with E-state index in [1.54, 1.807) is 0 Å². The fraction of sp³-hybridized carbons (Fsp3) is 0.716. The van der Waals surface area contributed by atoms with E-state index in [-0.39, 0.29) is 31.1 Å². The summed E-state index contributed by atoms with van der Waals surface area (Å²) in [5.41, 5.74) is 0. The Kier molecular flexibility index (Phi) is 57.8. The van der Waals surface area contributed by atoms with Crippen molar-refractivity contribution in [3.8, 4) is 0 Å². The van der Waals surface area contributed by atoms with Gasteiger partial charge >= 0.3 is 17.9 Å². The molecule has 6 nitrogen and oxygen atoms in total. The molecule has 0 heterocycles. The molecule has 0 N–H and O–H groups in total. The largest absolute Gasteiger partial charge is 0.462 e. The summed E-state index contributed by atoms with van der Waals surface area (Å²) in [5, 5.41) is 0. The molecule has 0 aliphatic carbocycles. The van der Waals surface area contributed by atoms with Crippen LogP contribution in [0.2, 0.25) is 0 Å². The van der Waals surface area contributed by atoms with Gasteiger partial charge in [-0.3, -0.25) is 14.4 Å². The molecule has 0 bridgehead atoms. The van der Waals surface area contributed by atoms with Gasteiger partial charge in [0.2, 0.25) is 0 Å². The van der Waals surface area contributed by atoms with E-state index in [4.69, 9.17) is 14.2 Å². The van der Waals surface area contributed by atoms with Crippen LogP contribution in [0.1, 0.15) is 290 Å². The summed E-state index contributed by atoms with van der Waals surface area (Å²) in [7, 11) is 0. The molecule has 0 aromatic heterocycles. The molecule has 418 valence electrons. The van der Waals surface area contributed by atoms with Crippen LogP contribution in [-0.2, 0) is 28.6 Å². The highest BCUT2D eigenvalue weighted by Crippen LogP contribution is 2.15. The number of carbonyl (C=O) groups excluding carboxylic acids is 3. The zero-order valence-electron chi connectivity index (χ0n) is 47.9. The molecule has 0 aromatic carbocycles. The third-order valence-corrected chi connectivity index (χ3v) is 13.0. The van der Waals surface area contributed by atoms with Gasteiger partial charge < -0.3 is 14.2 Å². The average molecular weight is 1020 g/mol. The van der Waals surface area contributed by atoms with Gasteiger partial charge in [-0.05, 0) is 116 Å². The van der Waals surface area contributed by atoms with E-state index in [2.05, 4.69) is 118 Å². The lowest BCUT2D eigenvalue weighted by Crippen LogP contribution is -2.30. The zero-order chi connectivity index (χ0) is 52.9. The first-order valence-corrected chi connectivity index (χ1v) is 30.7. The molecule has 0 saturated heterocycles. The van der Waals surface area contributed by atoms with E-state index < -0.39 is 6.10 Å². The van der Waals surface area contributed by atoms with Gasteiger partial charge in [0.25, 0.3) is 0 Å². The highest BCUT2D eigenvalue weighted by atomic mass is 16.6. The lowest BCUT2D eigenvalue weighted by Gasteiger charge is -2.18. The Morgan fingerprint density at radius 2 is 0.548 bits per heavy atom. The second-order valence-electron chi connectivity index (χ2n) is 20.2. The normalized spacial score (nSPS) is 12.8. The maximum atomic E-state index is 12.9. The number of allylic oxidation sites excluding steroid dienone is 16. The van der Waals surface area contributed by atoms with Crippen LogP contribution in [0.25, 0.3) is 0 Å². The minimum atomic E-state index is -0.791. The Balaban J connectivity index is 4.36. The number of carbonyl (C=O) groups is 3. The summed E-state index contributed by atoms with van der Waals surface area (Å²) in [5.74, 6) is -0.910. The van der Waals surface area contributed by atoms with Crippen molar-refractivity contribution < 1.29 is 28.6 Å². The van der Waals surface area contributed by atoms with Gasteiger partial charge in [-0.2, -0.15) is 0 Å². The van der Waals surface area contributed by atoms with Crippen LogP contribution in [0.5, 0.6) is 0 Å². The van der Waals surface area contributed by atoms with Crippen molar-refractivity contribution in [2.75, 3.05) is 13.2 Å². The molecule has 0 aromatic rings. The van der Waals surface area contributed by atoms with Crippen molar-refractivity contribution in [3.63, 3.8) is 0 Å².